The number of halogens is 3. The lowest BCUT2D eigenvalue weighted by Gasteiger charge is -2.12. The van der Waals surface area contributed by atoms with Gasteiger partial charge in [0.15, 0.2) is 5.78 Å². The fourth-order valence-electron chi connectivity index (χ4n) is 3.75. The van der Waals surface area contributed by atoms with Gasteiger partial charge in [-0.05, 0) is 42.5 Å². The Hall–Kier alpha value is -4.00. The Morgan fingerprint density at radius 1 is 1.26 bits per heavy atom. The predicted octanol–water partition coefficient (Wildman–Crippen LogP) is 4.81. The van der Waals surface area contributed by atoms with E-state index in [0.29, 0.717) is 39.8 Å². The van der Waals surface area contributed by atoms with Crippen molar-refractivity contribution in [2.24, 2.45) is 11.8 Å². The SMILES string of the molecule is Cc1cc(C(=O)CCC(F)(F)F)ccc1-c1cc2cc(NC(=O)C3C[C@@H]3C#N)ncc2c(N)n1. The van der Waals surface area contributed by atoms with Crippen molar-refractivity contribution in [2.45, 2.75) is 32.4 Å². The number of Topliss-reactive ketones (excluding diaryl/α,β-unsaturated/α-hetero) is 1. The molecular weight excluding hydrogens is 447 g/mol. The summed E-state index contributed by atoms with van der Waals surface area (Å²) < 4.78 is 37.3. The molecule has 0 saturated heterocycles. The van der Waals surface area contributed by atoms with E-state index in [9.17, 15) is 22.8 Å². The smallest absolute Gasteiger partial charge is 0.383 e. The number of aromatic nitrogens is 2. The number of nitriles is 1. The molecule has 34 heavy (non-hydrogen) atoms. The van der Waals surface area contributed by atoms with Crippen molar-refractivity contribution in [1.82, 2.24) is 9.97 Å². The van der Waals surface area contributed by atoms with Crippen LogP contribution in [-0.2, 0) is 4.79 Å². The summed E-state index contributed by atoms with van der Waals surface area (Å²) in [5.41, 5.74) is 8.14. The summed E-state index contributed by atoms with van der Waals surface area (Å²) in [6.45, 7) is 1.73. The zero-order valence-corrected chi connectivity index (χ0v) is 18.1. The molecule has 10 heteroatoms. The second kappa shape index (κ2) is 8.74. The molecule has 1 unspecified atom stereocenters. The van der Waals surface area contributed by atoms with Gasteiger partial charge in [-0.25, -0.2) is 9.97 Å². The monoisotopic (exact) mass is 467 g/mol. The molecule has 4 rings (SSSR count). The fourth-order valence-corrected chi connectivity index (χ4v) is 3.75. The average Bonchev–Trinajstić information content (AvgIpc) is 3.57. The van der Waals surface area contributed by atoms with Crippen molar-refractivity contribution in [2.75, 3.05) is 11.1 Å². The number of anilines is 2. The maximum absolute atomic E-state index is 12.4. The highest BCUT2D eigenvalue weighted by Gasteiger charge is 2.43. The average molecular weight is 467 g/mol. The van der Waals surface area contributed by atoms with Crippen LogP contribution in [0, 0.1) is 30.1 Å². The highest BCUT2D eigenvalue weighted by molar-refractivity contribution is 5.99. The van der Waals surface area contributed by atoms with Crippen molar-refractivity contribution >= 4 is 34.1 Å². The summed E-state index contributed by atoms with van der Waals surface area (Å²) in [6.07, 6.45) is -4.13. The van der Waals surface area contributed by atoms with E-state index in [1.807, 2.05) is 0 Å². The van der Waals surface area contributed by atoms with Crippen LogP contribution in [0.15, 0.2) is 36.5 Å². The first-order valence-corrected chi connectivity index (χ1v) is 10.5. The summed E-state index contributed by atoms with van der Waals surface area (Å²) in [5.74, 6) is -0.908. The zero-order valence-electron chi connectivity index (χ0n) is 18.1. The molecule has 1 aliphatic carbocycles. The Balaban J connectivity index is 1.59. The number of nitrogens with zero attached hydrogens (tertiary/aromatic N) is 3. The molecule has 1 fully saturated rings. The first kappa shape index (κ1) is 23.2. The van der Waals surface area contributed by atoms with Crippen LogP contribution in [0.3, 0.4) is 0 Å². The molecule has 0 aliphatic heterocycles. The minimum Gasteiger partial charge on any atom is -0.383 e. The van der Waals surface area contributed by atoms with Crippen LogP contribution in [0.25, 0.3) is 22.0 Å². The van der Waals surface area contributed by atoms with Gasteiger partial charge in [-0.2, -0.15) is 18.4 Å². The van der Waals surface area contributed by atoms with Gasteiger partial charge in [-0.1, -0.05) is 12.1 Å². The van der Waals surface area contributed by atoms with Gasteiger partial charge in [0.25, 0.3) is 0 Å². The van der Waals surface area contributed by atoms with Gasteiger partial charge in [0.1, 0.15) is 11.6 Å². The van der Waals surface area contributed by atoms with E-state index in [4.69, 9.17) is 11.0 Å². The minimum absolute atomic E-state index is 0.198. The molecule has 2 heterocycles. The molecule has 1 amide bonds. The molecule has 1 aliphatic rings. The molecule has 0 spiro atoms. The molecule has 3 N–H and O–H groups in total. The zero-order chi connectivity index (χ0) is 24.6. The fraction of sp³-hybridized carbons (Fsp3) is 0.292. The van der Waals surface area contributed by atoms with Crippen molar-refractivity contribution in [1.29, 1.82) is 5.26 Å². The number of nitrogens with one attached hydrogen (secondary N) is 1. The molecule has 3 aromatic rings. The third kappa shape index (κ3) is 4.98. The van der Waals surface area contributed by atoms with Gasteiger partial charge in [-0.3, -0.25) is 9.59 Å². The topological polar surface area (TPSA) is 122 Å². The normalized spacial score (nSPS) is 17.3. The van der Waals surface area contributed by atoms with Crippen LogP contribution in [0.2, 0.25) is 0 Å². The van der Waals surface area contributed by atoms with E-state index in [1.54, 1.807) is 25.1 Å². The molecule has 2 atom stereocenters. The Kier molecular flexibility index (Phi) is 5.96. The Labute approximate surface area is 192 Å². The molecular formula is C24H20F3N5O2. The number of amides is 1. The number of carbonyl (C=O) groups is 2. The van der Waals surface area contributed by atoms with E-state index in [0.717, 1.165) is 0 Å². The van der Waals surface area contributed by atoms with Crippen LogP contribution >= 0.6 is 0 Å². The molecule has 7 nitrogen and oxygen atoms in total. The molecule has 2 aromatic heterocycles. The van der Waals surface area contributed by atoms with Gasteiger partial charge in [0.05, 0.1) is 30.0 Å². The highest BCUT2D eigenvalue weighted by Crippen LogP contribution is 2.38. The van der Waals surface area contributed by atoms with Crippen LogP contribution in [0.4, 0.5) is 24.8 Å². The minimum atomic E-state index is -4.39. The lowest BCUT2D eigenvalue weighted by Crippen LogP contribution is -2.15. The van der Waals surface area contributed by atoms with E-state index in [-0.39, 0.29) is 29.1 Å². The second-order valence-electron chi connectivity index (χ2n) is 8.32. The second-order valence-corrected chi connectivity index (χ2v) is 8.32. The lowest BCUT2D eigenvalue weighted by molar-refractivity contribution is -0.133. The number of aryl methyl sites for hydroxylation is 1. The standard InChI is InChI=1S/C24H20F3N5O2/c1-12-6-13(20(33)4-5-24(25,26)27)2-3-16(12)19-8-14-9-21(30-11-18(14)22(29)31-19)32-23(34)17-7-15(17)10-28/h2-3,6,8-9,11,15,17H,4-5,7H2,1H3,(H2,29,31)(H,30,32,34)/t15-,17?/m1/s1. The van der Waals surface area contributed by atoms with E-state index < -0.39 is 24.8 Å². The van der Waals surface area contributed by atoms with Gasteiger partial charge in [0.2, 0.25) is 5.91 Å². The third-order valence-corrected chi connectivity index (χ3v) is 5.75. The summed E-state index contributed by atoms with van der Waals surface area (Å²) >= 11 is 0. The maximum atomic E-state index is 12.4. The Morgan fingerprint density at radius 2 is 2.03 bits per heavy atom. The van der Waals surface area contributed by atoms with Gasteiger partial charge in [-0.15, -0.1) is 0 Å². The number of ketones is 1. The van der Waals surface area contributed by atoms with Gasteiger partial charge < -0.3 is 11.1 Å². The number of nitrogen functional groups attached to an aromatic ring is 1. The van der Waals surface area contributed by atoms with Crippen molar-refractivity contribution < 1.29 is 22.8 Å². The van der Waals surface area contributed by atoms with Crippen molar-refractivity contribution in [3.63, 3.8) is 0 Å². The molecule has 1 aromatic carbocycles. The largest absolute Gasteiger partial charge is 0.389 e. The number of rotatable bonds is 6. The van der Waals surface area contributed by atoms with Crippen LogP contribution < -0.4 is 11.1 Å². The predicted molar refractivity (Wildman–Crippen MR) is 120 cm³/mol. The van der Waals surface area contributed by atoms with Crippen molar-refractivity contribution in [3.05, 3.63) is 47.7 Å². The van der Waals surface area contributed by atoms with Crippen LogP contribution in [0.1, 0.15) is 35.2 Å². The van der Waals surface area contributed by atoms with E-state index >= 15 is 0 Å². The number of hydrogen-bond donors (Lipinski definition) is 2. The molecule has 0 bridgehead atoms. The lowest BCUT2D eigenvalue weighted by atomic mass is 9.98. The van der Waals surface area contributed by atoms with E-state index in [1.165, 1.54) is 18.3 Å². The first-order chi connectivity index (χ1) is 16.1. The molecule has 1 saturated carbocycles. The Morgan fingerprint density at radius 3 is 2.68 bits per heavy atom. The number of alkyl halides is 3. The van der Waals surface area contributed by atoms with Crippen LogP contribution in [0.5, 0.6) is 0 Å². The number of pyridine rings is 2. The summed E-state index contributed by atoms with van der Waals surface area (Å²) in [6, 6.07) is 10.1. The molecule has 0 radical (unpaired) electrons. The number of carbonyl (C=O) groups excluding carboxylic acids is 2. The number of fused-ring (bicyclic) bond motifs is 1. The highest BCUT2D eigenvalue weighted by atomic mass is 19.4. The third-order valence-electron chi connectivity index (χ3n) is 5.75. The van der Waals surface area contributed by atoms with Crippen LogP contribution in [-0.4, -0.2) is 27.8 Å². The Bertz CT molecular complexity index is 1350. The van der Waals surface area contributed by atoms with Gasteiger partial charge >= 0.3 is 6.18 Å². The summed E-state index contributed by atoms with van der Waals surface area (Å²) in [4.78, 5) is 33.0. The quantitative estimate of drug-likeness (QED) is 0.502. The molecule has 174 valence electrons. The first-order valence-electron chi connectivity index (χ1n) is 10.5. The van der Waals surface area contributed by atoms with Gasteiger partial charge in [0, 0.05) is 29.1 Å². The summed E-state index contributed by atoms with van der Waals surface area (Å²) in [7, 11) is 0. The number of benzene rings is 1. The number of nitrogens with two attached hydrogens (primary N) is 1. The van der Waals surface area contributed by atoms with E-state index in [2.05, 4.69) is 21.4 Å². The van der Waals surface area contributed by atoms with Crippen molar-refractivity contribution in [3.8, 4) is 17.3 Å². The maximum Gasteiger partial charge on any atom is 0.389 e. The summed E-state index contributed by atoms with van der Waals surface area (Å²) in [5, 5.41) is 12.9. The number of hydrogen-bond acceptors (Lipinski definition) is 6.